The van der Waals surface area contributed by atoms with E-state index in [2.05, 4.69) is 238 Å². The van der Waals surface area contributed by atoms with Crippen LogP contribution in [0.15, 0.2) is 154 Å². The zero-order chi connectivity index (χ0) is 48.7. The Bertz CT molecular complexity index is 3840. The maximum atomic E-state index is 7.06. The lowest BCUT2D eigenvalue weighted by Crippen LogP contribution is -2.17. The van der Waals surface area contributed by atoms with E-state index >= 15 is 0 Å². The van der Waals surface area contributed by atoms with E-state index in [9.17, 15) is 0 Å². The van der Waals surface area contributed by atoms with Crippen molar-refractivity contribution in [1.82, 2.24) is 0 Å². The summed E-state index contributed by atoms with van der Waals surface area (Å²) in [6, 6.07) is 54.6. The highest BCUT2D eigenvalue weighted by Gasteiger charge is 2.30. The summed E-state index contributed by atoms with van der Waals surface area (Å²) in [5, 5.41) is 11.7. The van der Waals surface area contributed by atoms with Crippen molar-refractivity contribution >= 4 is 110 Å². The standard InChI is InChI=1S/C66H60N2O2/c1-37-19-27-45(65(7,8)9)35-55(37)67(59-39(3)21-29-49-47-17-13-15-41(5)61(47)69-63(49)59)53-33-25-43-24-32-52-54(34-26-44-23-31-51(53)57(43)58(44)52)68(56-36-46(66(10,11)12)28-20-38(56)2)60-40(4)22-30-50-48-18-14-16-42(6)62(48)70-64(50)60/h13-36H,1-12H3. The third-order valence-corrected chi connectivity index (χ3v) is 15.3. The van der Waals surface area contributed by atoms with Gasteiger partial charge in [0, 0.05) is 43.7 Å². The molecule has 346 valence electrons. The van der Waals surface area contributed by atoms with Gasteiger partial charge in [-0.15, -0.1) is 0 Å². The maximum absolute atomic E-state index is 7.06. The van der Waals surface area contributed by atoms with Crippen LogP contribution in [0.3, 0.4) is 0 Å². The average Bonchev–Trinajstić information content (AvgIpc) is 3.91. The van der Waals surface area contributed by atoms with Crippen LogP contribution >= 0.6 is 0 Å². The third-order valence-electron chi connectivity index (χ3n) is 15.3. The Morgan fingerprint density at radius 2 is 0.671 bits per heavy atom. The Morgan fingerprint density at radius 1 is 0.314 bits per heavy atom. The van der Waals surface area contributed by atoms with E-state index in [0.717, 1.165) is 100 Å². The first-order chi connectivity index (χ1) is 33.5. The minimum atomic E-state index is -0.0643. The van der Waals surface area contributed by atoms with E-state index in [0.29, 0.717) is 0 Å². The summed E-state index contributed by atoms with van der Waals surface area (Å²) >= 11 is 0. The second-order valence-corrected chi connectivity index (χ2v) is 22.1. The Hall–Kier alpha value is -7.56. The van der Waals surface area contributed by atoms with Crippen LogP contribution in [-0.2, 0) is 10.8 Å². The molecule has 10 aromatic carbocycles. The number of fused-ring (bicyclic) bond motifs is 6. The molecule has 0 aliphatic rings. The SMILES string of the molecule is Cc1ccc(C(C)(C)C)cc1N(c1ccc2ccc3c(N(c4cc(C(C)(C)C)ccc4C)c4c(C)ccc5c4oc4c(C)cccc45)ccc4ccc1c2c43)c1c(C)ccc2c1oc1c(C)cccc12. The molecule has 0 unspecified atom stereocenters. The van der Waals surface area contributed by atoms with E-state index in [1.54, 1.807) is 0 Å². The van der Waals surface area contributed by atoms with E-state index in [1.165, 1.54) is 54.6 Å². The Morgan fingerprint density at radius 3 is 1.07 bits per heavy atom. The van der Waals surface area contributed by atoms with Gasteiger partial charge in [0.1, 0.15) is 11.2 Å². The van der Waals surface area contributed by atoms with Gasteiger partial charge in [0.25, 0.3) is 0 Å². The Kier molecular flexibility index (Phi) is 9.66. The minimum Gasteiger partial charge on any atom is -0.454 e. The fourth-order valence-corrected chi connectivity index (χ4v) is 11.3. The van der Waals surface area contributed by atoms with Crippen molar-refractivity contribution in [3.8, 4) is 0 Å². The number of nitrogens with zero attached hydrogens (tertiary/aromatic N) is 2. The molecule has 0 atom stereocenters. The van der Waals surface area contributed by atoms with Crippen LogP contribution in [0.1, 0.15) is 86.1 Å². The molecule has 0 N–H and O–H groups in total. The highest BCUT2D eigenvalue weighted by Crippen LogP contribution is 2.53. The van der Waals surface area contributed by atoms with Gasteiger partial charge in [0.05, 0.1) is 22.7 Å². The summed E-state index contributed by atoms with van der Waals surface area (Å²) in [5.74, 6) is 0. The summed E-state index contributed by atoms with van der Waals surface area (Å²) in [5.41, 5.74) is 19.6. The van der Waals surface area contributed by atoms with Crippen LogP contribution in [0.2, 0.25) is 0 Å². The Balaban J connectivity index is 1.18. The first-order valence-electron chi connectivity index (χ1n) is 24.8. The topological polar surface area (TPSA) is 32.8 Å². The van der Waals surface area contributed by atoms with Gasteiger partial charge in [-0.25, -0.2) is 0 Å². The van der Waals surface area contributed by atoms with Crippen LogP contribution in [0.25, 0.3) is 76.2 Å². The van der Waals surface area contributed by atoms with Crippen molar-refractivity contribution < 1.29 is 8.83 Å². The summed E-state index contributed by atoms with van der Waals surface area (Å²) in [6.07, 6.45) is 0. The molecule has 0 radical (unpaired) electrons. The molecule has 0 aliphatic heterocycles. The molecule has 0 bridgehead atoms. The van der Waals surface area contributed by atoms with Gasteiger partial charge in [-0.2, -0.15) is 0 Å². The van der Waals surface area contributed by atoms with E-state index in [1.807, 2.05) is 0 Å². The van der Waals surface area contributed by atoms with Crippen LogP contribution in [0, 0.1) is 41.5 Å². The second kappa shape index (κ2) is 15.5. The molecule has 0 saturated carbocycles. The largest absolute Gasteiger partial charge is 0.454 e. The van der Waals surface area contributed by atoms with Crippen molar-refractivity contribution in [2.45, 2.75) is 93.9 Å². The monoisotopic (exact) mass is 912 g/mol. The third kappa shape index (κ3) is 6.56. The fraction of sp³-hybridized carbons (Fsp3) is 0.212. The molecule has 2 heterocycles. The number of furan rings is 2. The smallest absolute Gasteiger partial charge is 0.159 e. The molecule has 2 aromatic heterocycles. The molecule has 12 aromatic rings. The number of anilines is 6. The quantitative estimate of drug-likeness (QED) is 0.156. The first-order valence-corrected chi connectivity index (χ1v) is 24.8. The van der Waals surface area contributed by atoms with Crippen molar-refractivity contribution in [2.24, 2.45) is 0 Å². The summed E-state index contributed by atoms with van der Waals surface area (Å²) in [6.45, 7) is 27.0. The molecule has 4 heteroatoms. The highest BCUT2D eigenvalue weighted by atomic mass is 16.3. The average molecular weight is 913 g/mol. The predicted molar refractivity (Wildman–Crippen MR) is 300 cm³/mol. The molecule has 70 heavy (non-hydrogen) atoms. The van der Waals surface area contributed by atoms with E-state index in [4.69, 9.17) is 8.83 Å². The van der Waals surface area contributed by atoms with Gasteiger partial charge in [0.15, 0.2) is 11.2 Å². The lowest BCUT2D eigenvalue weighted by molar-refractivity contribution is 0.590. The van der Waals surface area contributed by atoms with Crippen LogP contribution in [0.5, 0.6) is 0 Å². The predicted octanol–water partition coefficient (Wildman–Crippen LogP) is 19.8. The summed E-state index contributed by atoms with van der Waals surface area (Å²) in [7, 11) is 0. The molecular formula is C66H60N2O2. The number of benzene rings is 10. The fourth-order valence-electron chi connectivity index (χ4n) is 11.3. The van der Waals surface area contributed by atoms with E-state index < -0.39 is 0 Å². The molecule has 4 nitrogen and oxygen atoms in total. The van der Waals surface area contributed by atoms with Crippen LogP contribution in [-0.4, -0.2) is 0 Å². The number of aryl methyl sites for hydroxylation is 6. The van der Waals surface area contributed by atoms with Gasteiger partial charge < -0.3 is 18.6 Å². The van der Waals surface area contributed by atoms with Crippen LogP contribution < -0.4 is 9.80 Å². The molecular weight excluding hydrogens is 853 g/mol. The second-order valence-electron chi connectivity index (χ2n) is 22.1. The lowest BCUT2D eigenvalue weighted by atomic mass is 9.85. The van der Waals surface area contributed by atoms with Crippen molar-refractivity contribution in [1.29, 1.82) is 0 Å². The molecule has 0 aliphatic carbocycles. The van der Waals surface area contributed by atoms with E-state index in [-0.39, 0.29) is 10.8 Å². The van der Waals surface area contributed by atoms with Gasteiger partial charge in [-0.1, -0.05) is 163 Å². The number of para-hydroxylation sites is 2. The summed E-state index contributed by atoms with van der Waals surface area (Å²) in [4.78, 5) is 5.02. The molecule has 0 amide bonds. The number of rotatable bonds is 6. The zero-order valence-corrected chi connectivity index (χ0v) is 42.6. The van der Waals surface area contributed by atoms with Crippen molar-refractivity contribution in [2.75, 3.05) is 9.80 Å². The van der Waals surface area contributed by atoms with Gasteiger partial charge in [0.2, 0.25) is 0 Å². The van der Waals surface area contributed by atoms with Crippen molar-refractivity contribution in [3.63, 3.8) is 0 Å². The van der Waals surface area contributed by atoms with Crippen molar-refractivity contribution in [3.05, 3.63) is 190 Å². The summed E-state index contributed by atoms with van der Waals surface area (Å²) < 4.78 is 14.1. The van der Waals surface area contributed by atoms with Gasteiger partial charge in [-0.05, 0) is 143 Å². The minimum absolute atomic E-state index is 0.0643. The molecule has 0 saturated heterocycles. The maximum Gasteiger partial charge on any atom is 0.159 e. The number of hydrogen-bond donors (Lipinski definition) is 0. The normalized spacial score (nSPS) is 12.6. The van der Waals surface area contributed by atoms with Crippen LogP contribution in [0.4, 0.5) is 34.1 Å². The molecule has 0 fully saturated rings. The molecule has 12 rings (SSSR count). The lowest BCUT2D eigenvalue weighted by Gasteiger charge is -2.33. The first kappa shape index (κ1) is 43.7. The zero-order valence-electron chi connectivity index (χ0n) is 42.6. The highest BCUT2D eigenvalue weighted by molar-refractivity contribution is 6.29. The van der Waals surface area contributed by atoms with Gasteiger partial charge >= 0.3 is 0 Å². The Labute approximate surface area is 411 Å². The molecule has 0 spiro atoms. The van der Waals surface area contributed by atoms with Gasteiger partial charge in [-0.3, -0.25) is 0 Å². The number of hydrogen-bond acceptors (Lipinski definition) is 4.